The lowest BCUT2D eigenvalue weighted by Gasteiger charge is -2.13. The number of aliphatic imine (C=N–C) groups is 1. The maximum absolute atomic E-state index is 13.2. The zero-order valence-electron chi connectivity index (χ0n) is 21.2. The van der Waals surface area contributed by atoms with E-state index in [4.69, 9.17) is 21.1 Å². The van der Waals surface area contributed by atoms with E-state index in [-0.39, 0.29) is 23.5 Å². The molecule has 1 aromatic carbocycles. The number of aliphatic hydroxyl groups excluding tert-OH is 1. The normalized spacial score (nSPS) is 11.5. The standard InChI is InChI=1S/C26H28ClN5O4S/c1-6-19(13-33)29-11-17(15(2)3)14-36-26-32-31-25(37-26)30-24(34)22-12-28-16(4)9-20(22)21-10-18(27)7-8-23(21)35-5/h6-12,33H,13-14H2,1-5H3,(H,30,31,34)/b19-6-,29-11?. The second kappa shape index (κ2) is 13.1. The average molecular weight is 542 g/mol. The number of nitrogens with zero attached hydrogens (tertiary/aromatic N) is 4. The Bertz CT molecular complexity index is 1360. The summed E-state index contributed by atoms with van der Waals surface area (Å²) >= 11 is 7.32. The van der Waals surface area contributed by atoms with Crippen molar-refractivity contribution in [1.82, 2.24) is 15.2 Å². The Hall–Kier alpha value is -3.60. The molecule has 3 rings (SSSR count). The van der Waals surface area contributed by atoms with Gasteiger partial charge in [0.2, 0.25) is 5.13 Å². The van der Waals surface area contributed by atoms with Gasteiger partial charge in [-0.3, -0.25) is 20.1 Å². The first-order valence-electron chi connectivity index (χ1n) is 11.3. The van der Waals surface area contributed by atoms with Crippen LogP contribution in [-0.4, -0.2) is 52.7 Å². The molecule has 1 amide bonds. The van der Waals surface area contributed by atoms with E-state index >= 15 is 0 Å². The van der Waals surface area contributed by atoms with Crippen LogP contribution in [0.3, 0.4) is 0 Å². The number of aryl methyl sites for hydroxylation is 1. The van der Waals surface area contributed by atoms with Gasteiger partial charge in [0.15, 0.2) is 0 Å². The topological polar surface area (TPSA) is 119 Å². The Kier molecular flexibility index (Phi) is 9.90. The number of hydrogen-bond acceptors (Lipinski definition) is 9. The number of pyridine rings is 1. The maximum atomic E-state index is 13.2. The number of ether oxygens (including phenoxy) is 2. The Morgan fingerprint density at radius 2 is 2.03 bits per heavy atom. The predicted octanol–water partition coefficient (Wildman–Crippen LogP) is 5.50. The lowest BCUT2D eigenvalue weighted by molar-refractivity contribution is 0.102. The van der Waals surface area contributed by atoms with Crippen LogP contribution in [0.2, 0.25) is 5.02 Å². The van der Waals surface area contributed by atoms with Crippen LogP contribution < -0.4 is 14.8 Å². The van der Waals surface area contributed by atoms with E-state index in [2.05, 4.69) is 25.5 Å². The summed E-state index contributed by atoms with van der Waals surface area (Å²) in [5, 5.41) is 21.2. The number of halogens is 1. The first-order valence-corrected chi connectivity index (χ1v) is 12.5. The minimum Gasteiger partial charge on any atom is -0.496 e. The SMILES string of the molecule is C/C=C(/CO)N=CC(COc1nnc(NC(=O)c2cnc(C)cc2-c2cc(Cl)ccc2OC)s1)=C(C)C. The minimum atomic E-state index is -0.410. The molecule has 0 saturated carbocycles. The number of aromatic nitrogens is 3. The van der Waals surface area contributed by atoms with Gasteiger partial charge in [0, 0.05) is 39.8 Å². The third kappa shape index (κ3) is 7.45. The van der Waals surface area contributed by atoms with Crippen LogP contribution >= 0.6 is 22.9 Å². The number of aliphatic hydroxyl groups is 1. The number of carbonyl (C=O) groups excluding carboxylic acids is 1. The van der Waals surface area contributed by atoms with E-state index in [1.807, 2.05) is 20.8 Å². The molecule has 0 saturated heterocycles. The molecule has 37 heavy (non-hydrogen) atoms. The quantitative estimate of drug-likeness (QED) is 0.325. The van der Waals surface area contributed by atoms with Crippen molar-refractivity contribution < 1.29 is 19.4 Å². The summed E-state index contributed by atoms with van der Waals surface area (Å²) in [5.74, 6) is 0.169. The Balaban J connectivity index is 1.77. The number of nitrogens with one attached hydrogen (secondary N) is 1. The fraction of sp³-hybridized carbons (Fsp3) is 0.269. The molecular formula is C26H28ClN5O4S. The molecule has 0 aliphatic rings. The molecule has 9 nitrogen and oxygen atoms in total. The summed E-state index contributed by atoms with van der Waals surface area (Å²) in [4.78, 5) is 21.8. The summed E-state index contributed by atoms with van der Waals surface area (Å²) in [5.41, 5.74) is 4.76. The number of anilines is 1. The number of benzene rings is 1. The molecule has 2 aromatic heterocycles. The van der Waals surface area contributed by atoms with Crippen LogP contribution in [0.5, 0.6) is 10.9 Å². The van der Waals surface area contributed by atoms with Gasteiger partial charge in [-0.25, -0.2) is 0 Å². The molecule has 0 radical (unpaired) electrons. The van der Waals surface area contributed by atoms with Gasteiger partial charge in [-0.15, -0.1) is 5.10 Å². The van der Waals surface area contributed by atoms with E-state index in [1.54, 1.807) is 50.6 Å². The molecule has 0 aliphatic heterocycles. The molecule has 0 aliphatic carbocycles. The van der Waals surface area contributed by atoms with Gasteiger partial charge in [-0.1, -0.05) is 28.3 Å². The Morgan fingerprint density at radius 1 is 1.24 bits per heavy atom. The Morgan fingerprint density at radius 3 is 2.70 bits per heavy atom. The second-order valence-corrected chi connectivity index (χ2v) is 9.43. The summed E-state index contributed by atoms with van der Waals surface area (Å²) in [7, 11) is 1.56. The fourth-order valence-corrected chi connectivity index (χ4v) is 3.92. The van der Waals surface area contributed by atoms with Gasteiger partial charge >= 0.3 is 0 Å². The first-order chi connectivity index (χ1) is 17.7. The molecular weight excluding hydrogens is 514 g/mol. The lowest BCUT2D eigenvalue weighted by atomic mass is 9.99. The van der Waals surface area contributed by atoms with Gasteiger partial charge in [0.25, 0.3) is 11.1 Å². The molecule has 0 spiro atoms. The van der Waals surface area contributed by atoms with Crippen molar-refractivity contribution in [1.29, 1.82) is 0 Å². The second-order valence-electron chi connectivity index (χ2n) is 8.05. The van der Waals surface area contributed by atoms with Crippen LogP contribution in [0.15, 0.2) is 58.4 Å². The summed E-state index contributed by atoms with van der Waals surface area (Å²) in [6.45, 7) is 7.58. The average Bonchev–Trinajstić information content (AvgIpc) is 3.32. The van der Waals surface area contributed by atoms with Gasteiger partial charge in [-0.05, 0) is 63.3 Å². The summed E-state index contributed by atoms with van der Waals surface area (Å²) < 4.78 is 11.2. The predicted molar refractivity (Wildman–Crippen MR) is 147 cm³/mol. The largest absolute Gasteiger partial charge is 0.496 e. The van der Waals surface area contributed by atoms with Crippen LogP contribution in [0, 0.1) is 6.92 Å². The zero-order valence-corrected chi connectivity index (χ0v) is 22.8. The molecule has 0 bridgehead atoms. The molecule has 0 fully saturated rings. The van der Waals surface area contributed by atoms with E-state index in [1.165, 1.54) is 6.20 Å². The first kappa shape index (κ1) is 28.0. The lowest BCUT2D eigenvalue weighted by Crippen LogP contribution is -2.14. The third-order valence-corrected chi connectivity index (χ3v) is 6.23. The smallest absolute Gasteiger partial charge is 0.296 e. The van der Waals surface area contributed by atoms with Crippen molar-refractivity contribution >= 4 is 40.2 Å². The van der Waals surface area contributed by atoms with E-state index < -0.39 is 5.91 Å². The number of carbonyl (C=O) groups is 1. The van der Waals surface area contributed by atoms with E-state index in [0.717, 1.165) is 28.2 Å². The number of hydrogen-bond donors (Lipinski definition) is 2. The van der Waals surface area contributed by atoms with Crippen LogP contribution in [0.1, 0.15) is 36.8 Å². The molecule has 3 aromatic rings. The van der Waals surface area contributed by atoms with Gasteiger partial charge in [-0.2, -0.15) is 0 Å². The number of methoxy groups -OCH3 is 1. The number of allylic oxidation sites excluding steroid dienone is 2. The van der Waals surface area contributed by atoms with Gasteiger partial charge in [0.05, 0.1) is 25.0 Å². The van der Waals surface area contributed by atoms with E-state index in [0.29, 0.717) is 33.2 Å². The molecule has 0 unspecified atom stereocenters. The summed E-state index contributed by atoms with van der Waals surface area (Å²) in [6.07, 6.45) is 4.89. The van der Waals surface area contributed by atoms with Gasteiger partial charge < -0.3 is 14.6 Å². The molecule has 0 atom stereocenters. The van der Waals surface area contributed by atoms with Crippen molar-refractivity contribution in [3.63, 3.8) is 0 Å². The van der Waals surface area contributed by atoms with Crippen molar-refractivity contribution in [2.45, 2.75) is 27.7 Å². The maximum Gasteiger partial charge on any atom is 0.296 e. The van der Waals surface area contributed by atoms with Crippen molar-refractivity contribution in [3.8, 4) is 22.1 Å². The van der Waals surface area contributed by atoms with Crippen molar-refractivity contribution in [2.24, 2.45) is 4.99 Å². The monoisotopic (exact) mass is 541 g/mol. The number of amides is 1. The van der Waals surface area contributed by atoms with Crippen molar-refractivity contribution in [3.05, 3.63) is 69.7 Å². The highest BCUT2D eigenvalue weighted by Crippen LogP contribution is 2.35. The van der Waals surface area contributed by atoms with Gasteiger partial charge in [0.1, 0.15) is 12.4 Å². The third-order valence-electron chi connectivity index (χ3n) is 5.24. The Labute approximate surface area is 224 Å². The molecule has 11 heteroatoms. The van der Waals surface area contributed by atoms with E-state index in [9.17, 15) is 9.90 Å². The van der Waals surface area contributed by atoms with Crippen LogP contribution in [0.4, 0.5) is 5.13 Å². The molecule has 2 heterocycles. The minimum absolute atomic E-state index is 0.147. The highest BCUT2D eigenvalue weighted by atomic mass is 35.5. The zero-order chi connectivity index (χ0) is 26.9. The fourth-order valence-electron chi connectivity index (χ4n) is 3.16. The molecule has 194 valence electrons. The van der Waals surface area contributed by atoms with Crippen LogP contribution in [-0.2, 0) is 0 Å². The highest BCUT2D eigenvalue weighted by molar-refractivity contribution is 7.17. The van der Waals surface area contributed by atoms with Crippen molar-refractivity contribution in [2.75, 3.05) is 25.6 Å². The molecule has 2 N–H and O–H groups in total. The van der Waals surface area contributed by atoms with Crippen LogP contribution in [0.25, 0.3) is 11.1 Å². The summed E-state index contributed by atoms with van der Waals surface area (Å²) in [6, 6.07) is 7.01. The number of rotatable bonds is 10. The highest BCUT2D eigenvalue weighted by Gasteiger charge is 2.19.